The topological polar surface area (TPSA) is 78.9 Å². The van der Waals surface area contributed by atoms with Crippen LogP contribution in [0.5, 0.6) is 0 Å². The van der Waals surface area contributed by atoms with Crippen molar-refractivity contribution >= 4 is 17.9 Å². The molecule has 0 saturated carbocycles. The van der Waals surface area contributed by atoms with Gasteiger partial charge in [-0.05, 0) is 0 Å². The average Bonchev–Trinajstić information content (AvgIpc) is 3.37. The van der Waals surface area contributed by atoms with Crippen molar-refractivity contribution in [1.82, 2.24) is 0 Å². The summed E-state index contributed by atoms with van der Waals surface area (Å²) < 4.78 is 59.1. The van der Waals surface area contributed by atoms with E-state index in [0.717, 1.165) is 97.2 Å². The molecular formula is C34H29F3O6Ti. The summed E-state index contributed by atoms with van der Waals surface area (Å²) in [6.45, 7) is 0. The molecule has 0 spiro atoms. The van der Waals surface area contributed by atoms with Crippen molar-refractivity contribution in [2.75, 3.05) is 0 Å². The molecule has 0 saturated heterocycles. The van der Waals surface area contributed by atoms with E-state index in [4.69, 9.17) is 9.96 Å². The summed E-state index contributed by atoms with van der Waals surface area (Å²) in [5.74, 6) is -4.51. The van der Waals surface area contributed by atoms with Crippen LogP contribution in [0.4, 0.5) is 13.2 Å². The van der Waals surface area contributed by atoms with Gasteiger partial charge in [0.1, 0.15) is 0 Å². The predicted octanol–water partition coefficient (Wildman–Crippen LogP) is 8.42. The molecular weight excluding hydrogens is 609 g/mol. The summed E-state index contributed by atoms with van der Waals surface area (Å²) >= 11 is -5.56. The van der Waals surface area contributed by atoms with Gasteiger partial charge in [0, 0.05) is 0 Å². The van der Waals surface area contributed by atoms with Gasteiger partial charge in [-0.3, -0.25) is 0 Å². The SMILES string of the molecule is O=C([O][Ti]([O]C(=O)c1ccc(F)cc1)([O]C(=O)c1ccc(F)cc1)[CH]1C2=C(CCCC2)C2=C1CCCC2)c1ccc(F)cc1. The number of benzene rings is 3. The molecule has 3 aromatic carbocycles. The zero-order chi connectivity index (χ0) is 30.8. The Kier molecular flexibility index (Phi) is 8.60. The third-order valence-corrected chi connectivity index (χ3v) is 12.8. The monoisotopic (exact) mass is 638 g/mol. The van der Waals surface area contributed by atoms with E-state index in [1.807, 2.05) is 0 Å². The van der Waals surface area contributed by atoms with Crippen LogP contribution in [0.1, 0.15) is 82.4 Å². The minimum absolute atomic E-state index is 0.0225. The van der Waals surface area contributed by atoms with Crippen LogP contribution in [0.25, 0.3) is 0 Å². The van der Waals surface area contributed by atoms with Gasteiger partial charge >= 0.3 is 258 Å². The van der Waals surface area contributed by atoms with Crippen molar-refractivity contribution in [3.8, 4) is 0 Å². The van der Waals surface area contributed by atoms with Crippen LogP contribution in [0.3, 0.4) is 0 Å². The molecule has 0 fully saturated rings. The van der Waals surface area contributed by atoms with Crippen molar-refractivity contribution in [2.45, 2.75) is 55.6 Å². The van der Waals surface area contributed by atoms with Crippen molar-refractivity contribution in [2.24, 2.45) is 0 Å². The van der Waals surface area contributed by atoms with Crippen molar-refractivity contribution in [1.29, 1.82) is 0 Å². The molecule has 0 aliphatic heterocycles. The Morgan fingerprint density at radius 3 is 1.11 bits per heavy atom. The van der Waals surface area contributed by atoms with Gasteiger partial charge in [-0.1, -0.05) is 0 Å². The zero-order valence-electron chi connectivity index (χ0n) is 23.7. The van der Waals surface area contributed by atoms with Crippen LogP contribution in [0, 0.1) is 17.5 Å². The normalized spacial score (nSPS) is 16.7. The van der Waals surface area contributed by atoms with Gasteiger partial charge in [-0.2, -0.15) is 0 Å². The minimum atomic E-state index is -5.56. The van der Waals surface area contributed by atoms with Crippen LogP contribution in [-0.2, 0) is 27.7 Å². The number of halogens is 3. The molecule has 10 heteroatoms. The molecule has 0 N–H and O–H groups in total. The van der Waals surface area contributed by atoms with E-state index in [9.17, 15) is 27.6 Å². The molecule has 44 heavy (non-hydrogen) atoms. The second kappa shape index (κ2) is 12.6. The molecule has 0 radical (unpaired) electrons. The number of carbonyl (C=O) groups excluding carboxylic acids is 3. The second-order valence-electron chi connectivity index (χ2n) is 11.1. The summed E-state index contributed by atoms with van der Waals surface area (Å²) in [5, 5.41) is 0. The summed E-state index contributed by atoms with van der Waals surface area (Å²) in [5.41, 5.74) is 4.14. The Morgan fingerprint density at radius 1 is 0.500 bits per heavy atom. The number of carbonyl (C=O) groups is 3. The van der Waals surface area contributed by atoms with Gasteiger partial charge in [-0.25, -0.2) is 0 Å². The molecule has 0 amide bonds. The molecule has 3 aromatic rings. The van der Waals surface area contributed by atoms with Gasteiger partial charge in [0.2, 0.25) is 0 Å². The van der Waals surface area contributed by atoms with Crippen molar-refractivity contribution < 1.29 is 55.3 Å². The Morgan fingerprint density at radius 2 is 0.795 bits per heavy atom. The van der Waals surface area contributed by atoms with E-state index in [1.165, 1.54) is 36.4 Å². The number of allylic oxidation sites excluding steroid dienone is 4. The fourth-order valence-electron chi connectivity index (χ4n) is 6.38. The van der Waals surface area contributed by atoms with Gasteiger partial charge in [0.25, 0.3) is 0 Å². The Bertz CT molecular complexity index is 1490. The van der Waals surface area contributed by atoms with Gasteiger partial charge in [-0.15, -0.1) is 0 Å². The second-order valence-corrected chi connectivity index (χ2v) is 14.9. The van der Waals surface area contributed by atoms with E-state index >= 15 is 0 Å². The summed E-state index contributed by atoms with van der Waals surface area (Å²) in [4.78, 5) is 41.3. The maximum atomic E-state index is 13.8. The quantitative estimate of drug-likeness (QED) is 0.242. The van der Waals surface area contributed by atoms with Gasteiger partial charge in [0.15, 0.2) is 0 Å². The number of hydrogen-bond acceptors (Lipinski definition) is 6. The number of fused-ring (bicyclic) bond motifs is 1. The van der Waals surface area contributed by atoms with E-state index in [1.54, 1.807) is 0 Å². The molecule has 0 aromatic heterocycles. The van der Waals surface area contributed by atoms with E-state index in [0.29, 0.717) is 12.8 Å². The molecule has 6 rings (SSSR count). The van der Waals surface area contributed by atoms with Gasteiger partial charge in [0.05, 0.1) is 0 Å². The van der Waals surface area contributed by atoms with Crippen LogP contribution in [0.2, 0.25) is 4.22 Å². The molecule has 3 aliphatic rings. The molecule has 0 heterocycles. The standard InChI is InChI=1S/C13H17.3C7H5FO2.Ti/c1-3-7-12-10(5-1)9-11-6-2-4-8-13(11)12;3*8-6-3-1-5(2-4-6)7(9)10;/h9H,1-8H2;3*1-4H,(H,9,10);/q;;;;+3/p-3. The number of hydrogen-bond donors (Lipinski definition) is 0. The fourth-order valence-corrected chi connectivity index (χ4v) is 11.2. The van der Waals surface area contributed by atoms with Crippen molar-refractivity contribution in [3.63, 3.8) is 0 Å². The summed E-state index contributed by atoms with van der Waals surface area (Å²) in [6, 6.07) is 14.0. The van der Waals surface area contributed by atoms with E-state index in [2.05, 4.69) is 0 Å². The molecule has 3 aliphatic carbocycles. The zero-order valence-corrected chi connectivity index (χ0v) is 25.3. The third kappa shape index (κ3) is 6.03. The molecule has 0 unspecified atom stereocenters. The fraction of sp³-hybridized carbons (Fsp3) is 0.265. The summed E-state index contributed by atoms with van der Waals surface area (Å²) in [7, 11) is 0. The number of rotatable bonds is 7. The summed E-state index contributed by atoms with van der Waals surface area (Å²) in [6.07, 6.45) is 6.59. The molecule has 226 valence electrons. The Balaban J connectivity index is 1.51. The first-order valence-electron chi connectivity index (χ1n) is 14.6. The molecule has 6 nitrogen and oxygen atoms in total. The van der Waals surface area contributed by atoms with Crippen molar-refractivity contribution in [3.05, 3.63) is 129 Å². The van der Waals surface area contributed by atoms with E-state index in [-0.39, 0.29) is 16.7 Å². The van der Waals surface area contributed by atoms with Crippen LogP contribution in [0.15, 0.2) is 95.1 Å². The predicted molar refractivity (Wildman–Crippen MR) is 150 cm³/mol. The van der Waals surface area contributed by atoms with Crippen LogP contribution >= 0.6 is 0 Å². The van der Waals surface area contributed by atoms with Gasteiger partial charge < -0.3 is 0 Å². The van der Waals surface area contributed by atoms with E-state index < -0.39 is 57.3 Å². The third-order valence-electron chi connectivity index (χ3n) is 8.38. The average molecular weight is 638 g/mol. The first kappa shape index (κ1) is 30.1. The molecule has 0 bridgehead atoms. The Hall–Kier alpha value is -3.95. The first-order valence-corrected chi connectivity index (χ1v) is 17.5. The molecule has 0 atom stereocenters. The van der Waals surface area contributed by atoms with Crippen LogP contribution < -0.4 is 0 Å². The maximum absolute atomic E-state index is 13.8. The first-order chi connectivity index (χ1) is 21.2. The Labute approximate surface area is 257 Å². The van der Waals surface area contributed by atoms with Crippen LogP contribution in [-0.4, -0.2) is 17.9 Å².